The Balaban J connectivity index is 0.993. The minimum absolute atomic E-state index is 0.0140. The quantitative estimate of drug-likeness (QED) is 0.290. The highest BCUT2D eigenvalue weighted by Crippen LogP contribution is 2.36. The lowest BCUT2D eigenvalue weighted by atomic mass is 9.89. The highest BCUT2D eigenvalue weighted by atomic mass is 16.3. The fourth-order valence-electron chi connectivity index (χ4n) is 7.37. The SMILES string of the molecule is CCCC(CCC)c1cc(NC(=O)C2CCN(CC(=O)N3CC4CC3CN4c3ccc(-c4ncccn4)cc3)C2)ccc1O. The summed E-state index contributed by atoms with van der Waals surface area (Å²) in [4.78, 5) is 41.8. The van der Waals surface area contributed by atoms with Crippen LogP contribution >= 0.6 is 0 Å². The molecule has 0 radical (unpaired) electrons. The predicted molar refractivity (Wildman–Crippen MR) is 173 cm³/mol. The zero-order chi connectivity index (χ0) is 30.6. The molecule has 9 heteroatoms. The zero-order valence-electron chi connectivity index (χ0n) is 25.9. The monoisotopic (exact) mass is 596 g/mol. The first-order valence-electron chi connectivity index (χ1n) is 16.2. The summed E-state index contributed by atoms with van der Waals surface area (Å²) in [6.07, 6.45) is 9.36. The molecule has 0 aliphatic carbocycles. The Kier molecular flexibility index (Phi) is 9.12. The zero-order valence-corrected chi connectivity index (χ0v) is 25.9. The first kappa shape index (κ1) is 30.1. The van der Waals surface area contributed by atoms with Crippen LogP contribution in [0, 0.1) is 5.92 Å². The van der Waals surface area contributed by atoms with Crippen LogP contribution in [-0.2, 0) is 9.59 Å². The number of piperazine rings is 1. The van der Waals surface area contributed by atoms with Crippen LogP contribution in [0.1, 0.15) is 63.9 Å². The third kappa shape index (κ3) is 6.43. The number of aromatic hydroxyl groups is 1. The molecule has 3 saturated heterocycles. The van der Waals surface area contributed by atoms with Gasteiger partial charge < -0.3 is 20.2 Å². The number of phenols is 1. The molecule has 44 heavy (non-hydrogen) atoms. The minimum Gasteiger partial charge on any atom is -0.508 e. The van der Waals surface area contributed by atoms with Gasteiger partial charge in [-0.2, -0.15) is 0 Å². The Bertz CT molecular complexity index is 1440. The second-order valence-electron chi connectivity index (χ2n) is 12.6. The van der Waals surface area contributed by atoms with E-state index in [-0.39, 0.29) is 29.7 Å². The fraction of sp³-hybridized carbons (Fsp3) is 0.486. The molecule has 4 heterocycles. The number of carbonyl (C=O) groups is 2. The molecule has 6 rings (SSSR count). The van der Waals surface area contributed by atoms with Gasteiger partial charge in [0.25, 0.3) is 0 Å². The number of anilines is 2. The number of nitrogens with one attached hydrogen (secondary N) is 1. The molecular weight excluding hydrogens is 552 g/mol. The van der Waals surface area contributed by atoms with Gasteiger partial charge in [-0.3, -0.25) is 14.5 Å². The number of fused-ring (bicyclic) bond motifs is 2. The minimum atomic E-state index is -0.156. The van der Waals surface area contributed by atoms with Crippen molar-refractivity contribution in [1.82, 2.24) is 19.8 Å². The number of carbonyl (C=O) groups excluding carboxylic acids is 2. The van der Waals surface area contributed by atoms with Crippen LogP contribution < -0.4 is 10.2 Å². The molecular formula is C35H44N6O3. The van der Waals surface area contributed by atoms with E-state index in [0.29, 0.717) is 24.9 Å². The summed E-state index contributed by atoms with van der Waals surface area (Å²) in [5.74, 6) is 1.30. The van der Waals surface area contributed by atoms with Gasteiger partial charge in [0.2, 0.25) is 11.8 Å². The normalized spacial score (nSPS) is 21.4. The van der Waals surface area contributed by atoms with Crippen molar-refractivity contribution in [2.45, 2.75) is 70.4 Å². The largest absolute Gasteiger partial charge is 0.508 e. The van der Waals surface area contributed by atoms with E-state index in [1.807, 2.05) is 12.1 Å². The molecule has 3 aliphatic heterocycles. The molecule has 3 unspecified atom stereocenters. The van der Waals surface area contributed by atoms with E-state index in [9.17, 15) is 14.7 Å². The average molecular weight is 597 g/mol. The van der Waals surface area contributed by atoms with Crippen molar-refractivity contribution in [1.29, 1.82) is 0 Å². The molecule has 1 aromatic heterocycles. The molecule has 0 saturated carbocycles. The number of rotatable bonds is 11. The van der Waals surface area contributed by atoms with Crippen LogP contribution in [0.5, 0.6) is 5.75 Å². The summed E-state index contributed by atoms with van der Waals surface area (Å²) in [6, 6.07) is 16.2. The highest BCUT2D eigenvalue weighted by Gasteiger charge is 2.45. The molecule has 3 atom stereocenters. The lowest BCUT2D eigenvalue weighted by molar-refractivity contribution is -0.133. The van der Waals surface area contributed by atoms with Crippen molar-refractivity contribution in [3.05, 3.63) is 66.5 Å². The summed E-state index contributed by atoms with van der Waals surface area (Å²) >= 11 is 0. The van der Waals surface area contributed by atoms with Gasteiger partial charge >= 0.3 is 0 Å². The average Bonchev–Trinajstić information content (AvgIpc) is 3.79. The van der Waals surface area contributed by atoms with Gasteiger partial charge in [-0.25, -0.2) is 9.97 Å². The van der Waals surface area contributed by atoms with Gasteiger partial charge in [0.1, 0.15) is 5.75 Å². The van der Waals surface area contributed by atoms with Gasteiger partial charge in [0.15, 0.2) is 5.82 Å². The van der Waals surface area contributed by atoms with Crippen LogP contribution in [0.25, 0.3) is 11.4 Å². The van der Waals surface area contributed by atoms with Gasteiger partial charge in [-0.05, 0) is 92.2 Å². The maximum atomic E-state index is 13.4. The summed E-state index contributed by atoms with van der Waals surface area (Å²) < 4.78 is 0. The Hall–Kier alpha value is -3.98. The summed E-state index contributed by atoms with van der Waals surface area (Å²) in [5.41, 5.74) is 3.82. The second-order valence-corrected chi connectivity index (χ2v) is 12.6. The van der Waals surface area contributed by atoms with E-state index in [4.69, 9.17) is 0 Å². The van der Waals surface area contributed by atoms with Crippen LogP contribution in [0.15, 0.2) is 60.9 Å². The van der Waals surface area contributed by atoms with Crippen molar-refractivity contribution >= 4 is 23.2 Å². The van der Waals surface area contributed by atoms with Crippen molar-refractivity contribution in [3.63, 3.8) is 0 Å². The molecule has 3 fully saturated rings. The molecule has 9 nitrogen and oxygen atoms in total. The number of benzene rings is 2. The highest BCUT2D eigenvalue weighted by molar-refractivity contribution is 5.93. The van der Waals surface area contributed by atoms with Crippen molar-refractivity contribution in [2.75, 3.05) is 42.9 Å². The second kappa shape index (κ2) is 13.3. The smallest absolute Gasteiger partial charge is 0.237 e. The number of hydrogen-bond donors (Lipinski definition) is 2. The summed E-state index contributed by atoms with van der Waals surface area (Å²) in [5, 5.41) is 13.6. The van der Waals surface area contributed by atoms with Gasteiger partial charge in [-0.15, -0.1) is 0 Å². The summed E-state index contributed by atoms with van der Waals surface area (Å²) in [7, 11) is 0. The maximum Gasteiger partial charge on any atom is 0.237 e. The summed E-state index contributed by atoms with van der Waals surface area (Å²) in [6.45, 7) is 7.59. The van der Waals surface area contributed by atoms with Crippen LogP contribution in [-0.4, -0.2) is 81.5 Å². The first-order chi connectivity index (χ1) is 21.4. The first-order valence-corrected chi connectivity index (χ1v) is 16.2. The Labute approximate surface area is 260 Å². The topological polar surface area (TPSA) is 102 Å². The molecule has 2 amide bonds. The predicted octanol–water partition coefficient (Wildman–Crippen LogP) is 5.28. The van der Waals surface area contributed by atoms with E-state index in [2.05, 4.69) is 68.1 Å². The Morgan fingerprint density at radius 1 is 0.977 bits per heavy atom. The number of amides is 2. The Morgan fingerprint density at radius 3 is 2.41 bits per heavy atom. The number of hydrogen-bond acceptors (Lipinski definition) is 7. The molecule has 3 aliphatic rings. The molecule has 2 bridgehead atoms. The third-order valence-corrected chi connectivity index (χ3v) is 9.60. The lowest BCUT2D eigenvalue weighted by Crippen LogP contribution is -2.51. The third-order valence-electron chi connectivity index (χ3n) is 9.60. The van der Waals surface area contributed by atoms with Crippen molar-refractivity contribution < 1.29 is 14.7 Å². The number of likely N-dealkylation sites (tertiary alicyclic amines) is 2. The van der Waals surface area contributed by atoms with E-state index in [1.54, 1.807) is 24.5 Å². The number of nitrogens with zero attached hydrogens (tertiary/aromatic N) is 5. The Morgan fingerprint density at radius 2 is 1.73 bits per heavy atom. The van der Waals surface area contributed by atoms with Gasteiger partial charge in [0.05, 0.1) is 18.5 Å². The lowest BCUT2D eigenvalue weighted by Gasteiger charge is -2.36. The van der Waals surface area contributed by atoms with Crippen LogP contribution in [0.4, 0.5) is 11.4 Å². The van der Waals surface area contributed by atoms with Crippen molar-refractivity contribution in [3.8, 4) is 17.1 Å². The van der Waals surface area contributed by atoms with Gasteiger partial charge in [0, 0.05) is 55.0 Å². The molecule has 3 aromatic rings. The van der Waals surface area contributed by atoms with Crippen molar-refractivity contribution in [2.24, 2.45) is 5.92 Å². The standard InChI is InChI=1S/C35H44N6O3/c1-3-6-24(7-4-2)31-18-27(10-13-32(31)42)38-35(44)26-14-17-39(20-26)23-33(43)41-22-29-19-30(41)21-40(29)28-11-8-25(9-12-28)34-36-15-5-16-37-34/h5,8-13,15-16,18,24,26,29-30,42H,3-4,6-7,14,17,19-23H2,1-2H3,(H,38,44). The van der Waals surface area contributed by atoms with E-state index in [0.717, 1.165) is 80.8 Å². The molecule has 0 spiro atoms. The van der Waals surface area contributed by atoms with Crippen LogP contribution in [0.2, 0.25) is 0 Å². The van der Waals surface area contributed by atoms with E-state index >= 15 is 0 Å². The fourth-order valence-corrected chi connectivity index (χ4v) is 7.37. The molecule has 2 aromatic carbocycles. The molecule has 2 N–H and O–H groups in total. The number of aromatic nitrogens is 2. The molecule has 232 valence electrons. The maximum absolute atomic E-state index is 13.4. The van der Waals surface area contributed by atoms with E-state index < -0.39 is 0 Å². The van der Waals surface area contributed by atoms with Crippen LogP contribution in [0.3, 0.4) is 0 Å². The van der Waals surface area contributed by atoms with E-state index in [1.165, 1.54) is 5.69 Å². The number of phenolic OH excluding ortho intramolecular Hbond substituents is 1. The van der Waals surface area contributed by atoms with Gasteiger partial charge in [-0.1, -0.05) is 26.7 Å².